The zero-order chi connectivity index (χ0) is 11.4. The van der Waals surface area contributed by atoms with Gasteiger partial charge >= 0.3 is 0 Å². The van der Waals surface area contributed by atoms with E-state index in [2.05, 4.69) is 36.5 Å². The number of fused-ring (bicyclic) bond motifs is 1. The molecule has 0 fully saturated rings. The molecule has 1 aromatic carbocycles. The van der Waals surface area contributed by atoms with E-state index in [0.29, 0.717) is 6.04 Å². The quantitative estimate of drug-likeness (QED) is 0.807. The number of rotatable bonds is 4. The van der Waals surface area contributed by atoms with Crippen molar-refractivity contribution in [3.8, 4) is 0 Å². The molecule has 2 unspecified atom stereocenters. The predicted molar refractivity (Wildman–Crippen MR) is 68.5 cm³/mol. The summed E-state index contributed by atoms with van der Waals surface area (Å²) >= 11 is 0. The van der Waals surface area contributed by atoms with E-state index in [4.69, 9.17) is 5.73 Å². The summed E-state index contributed by atoms with van der Waals surface area (Å²) in [6, 6.07) is 9.28. The molecule has 0 saturated heterocycles. The number of nitrogens with one attached hydrogen (secondary N) is 1. The van der Waals surface area contributed by atoms with Crippen LogP contribution in [-0.2, 0) is 12.8 Å². The second-order valence-corrected chi connectivity index (χ2v) is 4.92. The number of aryl methyl sites for hydroxylation is 1. The summed E-state index contributed by atoms with van der Waals surface area (Å²) in [5.41, 5.74) is 8.69. The first-order chi connectivity index (χ1) is 7.79. The van der Waals surface area contributed by atoms with E-state index in [0.717, 1.165) is 19.0 Å². The van der Waals surface area contributed by atoms with Crippen LogP contribution in [0.15, 0.2) is 24.3 Å². The lowest BCUT2D eigenvalue weighted by Crippen LogP contribution is -2.37. The summed E-state index contributed by atoms with van der Waals surface area (Å²) in [6.45, 7) is 3.98. The van der Waals surface area contributed by atoms with Crippen LogP contribution in [0.25, 0.3) is 0 Å². The zero-order valence-corrected chi connectivity index (χ0v) is 10.1. The molecule has 0 aromatic heterocycles. The molecule has 0 heterocycles. The summed E-state index contributed by atoms with van der Waals surface area (Å²) in [6.07, 6.45) is 3.77. The lowest BCUT2D eigenvalue weighted by molar-refractivity contribution is 0.401. The molecule has 1 aliphatic rings. The molecule has 3 N–H and O–H groups in total. The Bertz CT molecular complexity index is 335. The molecule has 2 heteroatoms. The first kappa shape index (κ1) is 11.6. The molecule has 88 valence electrons. The van der Waals surface area contributed by atoms with Gasteiger partial charge in [0.25, 0.3) is 0 Å². The van der Waals surface area contributed by atoms with Gasteiger partial charge in [0.15, 0.2) is 0 Å². The lowest BCUT2D eigenvalue weighted by atomic mass is 9.84. The number of nitrogens with two attached hydrogens (primary N) is 1. The Morgan fingerprint density at radius 2 is 2.12 bits per heavy atom. The zero-order valence-electron chi connectivity index (χ0n) is 10.1. The minimum atomic E-state index is 0.442. The highest BCUT2D eigenvalue weighted by Crippen LogP contribution is 2.24. The summed E-state index contributed by atoms with van der Waals surface area (Å²) in [5.74, 6) is 0.781. The second-order valence-electron chi connectivity index (χ2n) is 4.92. The Hall–Kier alpha value is -0.860. The maximum absolute atomic E-state index is 5.60. The first-order valence-corrected chi connectivity index (χ1v) is 6.30. The second kappa shape index (κ2) is 5.46. The van der Waals surface area contributed by atoms with E-state index in [-0.39, 0.29) is 0 Å². The van der Waals surface area contributed by atoms with Gasteiger partial charge in [-0.2, -0.15) is 0 Å². The number of hydrogen-bond acceptors (Lipinski definition) is 2. The Morgan fingerprint density at radius 1 is 1.38 bits per heavy atom. The maximum atomic E-state index is 5.60. The van der Waals surface area contributed by atoms with Gasteiger partial charge in [0.05, 0.1) is 0 Å². The molecule has 1 aromatic rings. The SMILES string of the molecule is CC(CN)NCC1CCc2ccccc2C1. The molecule has 1 aliphatic carbocycles. The van der Waals surface area contributed by atoms with Crippen molar-refractivity contribution in [1.29, 1.82) is 0 Å². The van der Waals surface area contributed by atoms with Crippen LogP contribution in [-0.4, -0.2) is 19.1 Å². The fourth-order valence-corrected chi connectivity index (χ4v) is 2.40. The Morgan fingerprint density at radius 3 is 2.88 bits per heavy atom. The minimum absolute atomic E-state index is 0.442. The Labute approximate surface area is 98.2 Å². The van der Waals surface area contributed by atoms with Gasteiger partial charge in [-0.15, -0.1) is 0 Å². The standard InChI is InChI=1S/C14H22N2/c1-11(9-15)16-10-12-6-7-13-4-2-3-5-14(13)8-12/h2-5,11-12,16H,6-10,15H2,1H3. The third-order valence-electron chi connectivity index (χ3n) is 3.56. The molecule has 2 atom stereocenters. The molecule has 2 nitrogen and oxygen atoms in total. The molecule has 0 amide bonds. The van der Waals surface area contributed by atoms with E-state index >= 15 is 0 Å². The molecule has 0 radical (unpaired) electrons. The van der Waals surface area contributed by atoms with Gasteiger partial charge in [-0.3, -0.25) is 0 Å². The van der Waals surface area contributed by atoms with Crippen molar-refractivity contribution in [3.63, 3.8) is 0 Å². The van der Waals surface area contributed by atoms with Crippen molar-refractivity contribution >= 4 is 0 Å². The smallest absolute Gasteiger partial charge is 0.0162 e. The molecule has 0 saturated carbocycles. The summed E-state index contributed by atoms with van der Waals surface area (Å²) in [7, 11) is 0. The highest BCUT2D eigenvalue weighted by Gasteiger charge is 2.18. The average molecular weight is 218 g/mol. The molecule has 16 heavy (non-hydrogen) atoms. The molecule has 2 rings (SSSR count). The number of hydrogen-bond donors (Lipinski definition) is 2. The minimum Gasteiger partial charge on any atom is -0.329 e. The van der Waals surface area contributed by atoms with Gasteiger partial charge < -0.3 is 11.1 Å². The van der Waals surface area contributed by atoms with Crippen molar-refractivity contribution < 1.29 is 0 Å². The van der Waals surface area contributed by atoms with Gasteiger partial charge in [0.2, 0.25) is 0 Å². The van der Waals surface area contributed by atoms with Crippen molar-refractivity contribution in [1.82, 2.24) is 5.32 Å². The van der Waals surface area contributed by atoms with Crippen molar-refractivity contribution in [2.45, 2.75) is 32.2 Å². The average Bonchev–Trinajstić information content (AvgIpc) is 2.35. The molecule has 0 bridgehead atoms. The van der Waals surface area contributed by atoms with Gasteiger partial charge in [-0.1, -0.05) is 24.3 Å². The monoisotopic (exact) mass is 218 g/mol. The Balaban J connectivity index is 1.88. The van der Waals surface area contributed by atoms with Crippen LogP contribution in [0.1, 0.15) is 24.5 Å². The largest absolute Gasteiger partial charge is 0.329 e. The van der Waals surface area contributed by atoms with Gasteiger partial charge in [-0.25, -0.2) is 0 Å². The topological polar surface area (TPSA) is 38.0 Å². The van der Waals surface area contributed by atoms with Crippen LogP contribution >= 0.6 is 0 Å². The lowest BCUT2D eigenvalue weighted by Gasteiger charge is -2.26. The first-order valence-electron chi connectivity index (χ1n) is 6.30. The van der Waals surface area contributed by atoms with Crippen LogP contribution in [0.5, 0.6) is 0 Å². The predicted octanol–water partition coefficient (Wildman–Crippen LogP) is 1.73. The van der Waals surface area contributed by atoms with Crippen molar-refractivity contribution in [2.24, 2.45) is 11.7 Å². The van der Waals surface area contributed by atoms with E-state index < -0.39 is 0 Å². The van der Waals surface area contributed by atoms with Crippen LogP contribution < -0.4 is 11.1 Å². The summed E-state index contributed by atoms with van der Waals surface area (Å²) < 4.78 is 0. The van der Waals surface area contributed by atoms with Crippen LogP contribution in [0, 0.1) is 5.92 Å². The van der Waals surface area contributed by atoms with E-state index in [9.17, 15) is 0 Å². The summed E-state index contributed by atoms with van der Waals surface area (Å²) in [5, 5.41) is 3.51. The highest BCUT2D eigenvalue weighted by atomic mass is 14.9. The maximum Gasteiger partial charge on any atom is 0.0162 e. The van der Waals surface area contributed by atoms with Gasteiger partial charge in [0, 0.05) is 12.6 Å². The van der Waals surface area contributed by atoms with Crippen molar-refractivity contribution in [3.05, 3.63) is 35.4 Å². The molecular weight excluding hydrogens is 196 g/mol. The highest BCUT2D eigenvalue weighted by molar-refractivity contribution is 5.29. The fraction of sp³-hybridized carbons (Fsp3) is 0.571. The molecule has 0 spiro atoms. The normalized spacial score (nSPS) is 21.5. The van der Waals surface area contributed by atoms with E-state index in [1.165, 1.54) is 19.3 Å². The van der Waals surface area contributed by atoms with Gasteiger partial charge in [-0.05, 0) is 49.8 Å². The van der Waals surface area contributed by atoms with Gasteiger partial charge in [0.1, 0.15) is 0 Å². The molecular formula is C14H22N2. The van der Waals surface area contributed by atoms with Crippen LogP contribution in [0.2, 0.25) is 0 Å². The Kier molecular flexibility index (Phi) is 3.97. The third kappa shape index (κ3) is 2.83. The van der Waals surface area contributed by atoms with E-state index in [1.807, 2.05) is 0 Å². The van der Waals surface area contributed by atoms with E-state index in [1.54, 1.807) is 11.1 Å². The van der Waals surface area contributed by atoms with Crippen molar-refractivity contribution in [2.75, 3.05) is 13.1 Å². The van der Waals surface area contributed by atoms with Crippen LogP contribution in [0.3, 0.4) is 0 Å². The molecule has 0 aliphatic heterocycles. The van der Waals surface area contributed by atoms with Crippen LogP contribution in [0.4, 0.5) is 0 Å². The number of benzene rings is 1. The fourth-order valence-electron chi connectivity index (χ4n) is 2.40. The third-order valence-corrected chi connectivity index (χ3v) is 3.56. The summed E-state index contributed by atoms with van der Waals surface area (Å²) in [4.78, 5) is 0.